The molecule has 0 aliphatic rings. The highest BCUT2D eigenvalue weighted by molar-refractivity contribution is 6.11. The van der Waals surface area contributed by atoms with E-state index in [1.165, 1.54) is 12.1 Å². The van der Waals surface area contributed by atoms with Crippen LogP contribution in [0.3, 0.4) is 0 Å². The van der Waals surface area contributed by atoms with Gasteiger partial charge in [-0.1, -0.05) is 35.4 Å². The summed E-state index contributed by atoms with van der Waals surface area (Å²) in [5.41, 5.74) is 10.1. The summed E-state index contributed by atoms with van der Waals surface area (Å²) >= 11 is 0. The minimum absolute atomic E-state index is 0.0165. The van der Waals surface area contributed by atoms with Crippen molar-refractivity contribution in [2.75, 3.05) is 6.54 Å². The zero-order valence-corrected chi connectivity index (χ0v) is 12.7. The van der Waals surface area contributed by atoms with Crippen LogP contribution < -0.4 is 0 Å². The number of ketones is 1. The summed E-state index contributed by atoms with van der Waals surface area (Å²) in [5, 5.41) is 14.2. The van der Waals surface area contributed by atoms with Gasteiger partial charge in [0.1, 0.15) is 0 Å². The van der Waals surface area contributed by atoms with E-state index < -0.39 is 4.92 Å². The van der Waals surface area contributed by atoms with E-state index in [-0.39, 0.29) is 24.4 Å². The molecule has 0 spiro atoms. The van der Waals surface area contributed by atoms with Gasteiger partial charge in [0.05, 0.1) is 4.92 Å². The number of hydrogen-bond donors (Lipinski definition) is 0. The van der Waals surface area contributed by atoms with Gasteiger partial charge in [0.2, 0.25) is 0 Å². The van der Waals surface area contributed by atoms with Crippen LogP contribution in [0, 0.1) is 10.1 Å². The van der Waals surface area contributed by atoms with Crippen LogP contribution in [0.2, 0.25) is 0 Å². The zero-order chi connectivity index (χ0) is 17.4. The molecular formula is C17H14N4O3. The highest BCUT2D eigenvalue weighted by atomic mass is 16.6. The molecule has 0 aliphatic carbocycles. The molecule has 0 saturated carbocycles. The quantitative estimate of drug-likeness (QED) is 0.142. The third kappa shape index (κ3) is 4.53. The summed E-state index contributed by atoms with van der Waals surface area (Å²) in [7, 11) is 0. The molecule has 0 amide bonds. The van der Waals surface area contributed by atoms with Gasteiger partial charge in [0.15, 0.2) is 5.78 Å². The largest absolute Gasteiger partial charge is 0.289 e. The van der Waals surface area contributed by atoms with Gasteiger partial charge >= 0.3 is 0 Å². The second-order valence-electron chi connectivity index (χ2n) is 4.92. The number of hydrogen-bond acceptors (Lipinski definition) is 4. The van der Waals surface area contributed by atoms with Gasteiger partial charge in [0.25, 0.3) is 5.69 Å². The fraction of sp³-hybridized carbons (Fsp3) is 0.118. The Morgan fingerprint density at radius 1 is 1.17 bits per heavy atom. The molecule has 2 rings (SSSR count). The molecule has 0 fully saturated rings. The second-order valence-corrected chi connectivity index (χ2v) is 4.92. The summed E-state index contributed by atoms with van der Waals surface area (Å²) in [4.78, 5) is 25.5. The molecule has 7 nitrogen and oxygen atoms in total. The van der Waals surface area contributed by atoms with Crippen LogP contribution in [0.1, 0.15) is 22.3 Å². The van der Waals surface area contributed by atoms with E-state index in [4.69, 9.17) is 5.53 Å². The topological polar surface area (TPSA) is 109 Å². The lowest BCUT2D eigenvalue weighted by molar-refractivity contribution is -0.384. The number of Topliss-reactive ketones (excluding diaryl/α,β-unsaturated/α-hetero) is 1. The number of carbonyl (C=O) groups is 1. The van der Waals surface area contributed by atoms with Crippen molar-refractivity contribution >= 4 is 17.5 Å². The van der Waals surface area contributed by atoms with Crippen molar-refractivity contribution in [2.24, 2.45) is 5.11 Å². The predicted molar refractivity (Wildman–Crippen MR) is 90.5 cm³/mol. The van der Waals surface area contributed by atoms with Crippen LogP contribution in [-0.4, -0.2) is 17.3 Å². The van der Waals surface area contributed by atoms with Crippen molar-refractivity contribution in [3.63, 3.8) is 0 Å². The third-order valence-corrected chi connectivity index (χ3v) is 3.32. The summed E-state index contributed by atoms with van der Waals surface area (Å²) in [6.07, 6.45) is 1.95. The van der Waals surface area contributed by atoms with E-state index in [1.54, 1.807) is 42.5 Å². The molecule has 0 aromatic heterocycles. The molecular weight excluding hydrogens is 308 g/mol. The van der Waals surface area contributed by atoms with E-state index in [1.807, 2.05) is 6.07 Å². The number of rotatable bonds is 7. The van der Waals surface area contributed by atoms with Crippen LogP contribution in [0.15, 0.2) is 65.3 Å². The average molecular weight is 322 g/mol. The maximum absolute atomic E-state index is 12.6. The SMILES string of the molecule is [N-]=[N+]=NCC/C(=C\c1ccc([N+](=O)[O-])cc1)C(=O)c1ccccc1. The molecule has 2 aromatic carbocycles. The smallest absolute Gasteiger partial charge is 0.269 e. The first-order valence-corrected chi connectivity index (χ1v) is 7.17. The van der Waals surface area contributed by atoms with Gasteiger partial charge in [-0.2, -0.15) is 0 Å². The van der Waals surface area contributed by atoms with Crippen LogP contribution in [-0.2, 0) is 0 Å². The Kier molecular flexibility index (Phi) is 5.82. The molecule has 0 heterocycles. The molecule has 0 atom stereocenters. The highest BCUT2D eigenvalue weighted by Crippen LogP contribution is 2.18. The number of nitro groups is 1. The first-order chi connectivity index (χ1) is 11.6. The van der Waals surface area contributed by atoms with Crippen molar-refractivity contribution in [3.8, 4) is 0 Å². The van der Waals surface area contributed by atoms with Gasteiger partial charge in [0, 0.05) is 34.7 Å². The second kappa shape index (κ2) is 8.26. The lowest BCUT2D eigenvalue weighted by atomic mass is 9.98. The monoisotopic (exact) mass is 322 g/mol. The Hall–Kier alpha value is -3.44. The molecule has 2 aromatic rings. The van der Waals surface area contributed by atoms with Crippen LogP contribution in [0.5, 0.6) is 0 Å². The van der Waals surface area contributed by atoms with Crippen molar-refractivity contribution in [2.45, 2.75) is 6.42 Å². The Morgan fingerprint density at radius 2 is 1.83 bits per heavy atom. The normalized spacial score (nSPS) is 10.8. The van der Waals surface area contributed by atoms with Gasteiger partial charge in [-0.15, -0.1) is 0 Å². The number of nitro benzene ring substituents is 1. The Balaban J connectivity index is 2.32. The Bertz CT molecular complexity index is 807. The van der Waals surface area contributed by atoms with Crippen LogP contribution in [0.4, 0.5) is 5.69 Å². The molecule has 0 aliphatic heterocycles. The summed E-state index contributed by atoms with van der Waals surface area (Å²) < 4.78 is 0. The van der Waals surface area contributed by atoms with Crippen molar-refractivity contribution < 1.29 is 9.72 Å². The van der Waals surface area contributed by atoms with E-state index in [0.717, 1.165) is 0 Å². The molecule has 0 radical (unpaired) electrons. The number of nitrogens with zero attached hydrogens (tertiary/aromatic N) is 4. The van der Waals surface area contributed by atoms with Crippen LogP contribution >= 0.6 is 0 Å². The molecule has 120 valence electrons. The number of azide groups is 1. The minimum Gasteiger partial charge on any atom is -0.289 e. The predicted octanol–water partition coefficient (Wildman–Crippen LogP) is 4.56. The number of non-ortho nitro benzene ring substituents is 1. The maximum Gasteiger partial charge on any atom is 0.269 e. The Morgan fingerprint density at radius 3 is 2.42 bits per heavy atom. The van der Waals surface area contributed by atoms with Gasteiger partial charge in [-0.05, 0) is 35.7 Å². The standard InChI is InChI=1S/C17H14N4O3/c18-20-19-11-10-15(17(22)14-4-2-1-3-5-14)12-13-6-8-16(9-7-13)21(23)24/h1-9,12H,10-11H2/b15-12+. The highest BCUT2D eigenvalue weighted by Gasteiger charge is 2.12. The number of carbonyl (C=O) groups excluding carboxylic acids is 1. The Labute approximate surface area is 138 Å². The molecule has 0 bridgehead atoms. The van der Waals surface area contributed by atoms with E-state index in [0.29, 0.717) is 16.7 Å². The van der Waals surface area contributed by atoms with Crippen molar-refractivity contribution in [1.29, 1.82) is 0 Å². The lowest BCUT2D eigenvalue weighted by Crippen LogP contribution is -2.04. The summed E-state index contributed by atoms with van der Waals surface area (Å²) in [6.45, 7) is 0.161. The van der Waals surface area contributed by atoms with Crippen molar-refractivity contribution in [1.82, 2.24) is 0 Å². The maximum atomic E-state index is 12.6. The van der Waals surface area contributed by atoms with E-state index in [9.17, 15) is 14.9 Å². The minimum atomic E-state index is -0.481. The first-order valence-electron chi connectivity index (χ1n) is 7.17. The van der Waals surface area contributed by atoms with E-state index >= 15 is 0 Å². The van der Waals surface area contributed by atoms with Crippen LogP contribution in [0.25, 0.3) is 16.5 Å². The summed E-state index contributed by atoms with van der Waals surface area (Å²) in [5.74, 6) is -0.165. The van der Waals surface area contributed by atoms with E-state index in [2.05, 4.69) is 10.0 Å². The first kappa shape index (κ1) is 16.9. The average Bonchev–Trinajstić information content (AvgIpc) is 2.61. The molecule has 0 saturated heterocycles. The lowest BCUT2D eigenvalue weighted by Gasteiger charge is -2.06. The molecule has 7 heteroatoms. The summed E-state index contributed by atoms with van der Waals surface area (Å²) in [6, 6.07) is 14.7. The van der Waals surface area contributed by atoms with Crippen molar-refractivity contribution in [3.05, 3.63) is 91.9 Å². The third-order valence-electron chi connectivity index (χ3n) is 3.32. The molecule has 0 N–H and O–H groups in total. The van der Waals surface area contributed by atoms with Gasteiger partial charge in [-0.3, -0.25) is 14.9 Å². The van der Waals surface area contributed by atoms with Gasteiger partial charge < -0.3 is 0 Å². The molecule has 24 heavy (non-hydrogen) atoms. The fourth-order valence-electron chi connectivity index (χ4n) is 2.13. The number of benzene rings is 2. The fourth-order valence-corrected chi connectivity index (χ4v) is 2.13. The molecule has 0 unspecified atom stereocenters. The van der Waals surface area contributed by atoms with Gasteiger partial charge in [-0.25, -0.2) is 0 Å². The zero-order valence-electron chi connectivity index (χ0n) is 12.7.